The second-order valence-electron chi connectivity index (χ2n) is 4.31. The zero-order chi connectivity index (χ0) is 15.0. The van der Waals surface area contributed by atoms with Crippen LogP contribution < -0.4 is 4.74 Å². The molecule has 5 heteroatoms. The van der Waals surface area contributed by atoms with Gasteiger partial charge < -0.3 is 9.47 Å². The predicted octanol–water partition coefficient (Wildman–Crippen LogP) is 2.14. The third-order valence-electron chi connectivity index (χ3n) is 2.97. The van der Waals surface area contributed by atoms with Gasteiger partial charge in [-0.2, -0.15) is 5.26 Å². The summed E-state index contributed by atoms with van der Waals surface area (Å²) in [7, 11) is 3.38. The fourth-order valence-electron chi connectivity index (χ4n) is 1.93. The van der Waals surface area contributed by atoms with E-state index in [-0.39, 0.29) is 12.4 Å². The van der Waals surface area contributed by atoms with Crippen LogP contribution in [0.15, 0.2) is 24.3 Å². The van der Waals surface area contributed by atoms with Crippen LogP contribution >= 0.6 is 0 Å². The number of benzene rings is 1. The maximum Gasteiger partial charge on any atom is 0.307 e. The summed E-state index contributed by atoms with van der Waals surface area (Å²) in [6.45, 7) is 2.60. The van der Waals surface area contributed by atoms with Crippen LogP contribution in [0.5, 0.6) is 5.75 Å². The largest absolute Gasteiger partial charge is 0.496 e. The lowest BCUT2D eigenvalue weighted by molar-refractivity contribution is -0.143. The number of nitrogens with zero attached hydrogens (tertiary/aromatic N) is 2. The number of hydrogen-bond donors (Lipinski definition) is 0. The molecule has 0 fully saturated rings. The van der Waals surface area contributed by atoms with Gasteiger partial charge in [-0.3, -0.25) is 9.69 Å². The monoisotopic (exact) mass is 276 g/mol. The molecule has 0 aliphatic carbocycles. The number of para-hydroxylation sites is 1. The van der Waals surface area contributed by atoms with E-state index in [9.17, 15) is 10.1 Å². The quantitative estimate of drug-likeness (QED) is 0.714. The Balaban J connectivity index is 2.75. The summed E-state index contributed by atoms with van der Waals surface area (Å²) in [5.74, 6) is 0.415. The third kappa shape index (κ3) is 4.25. The van der Waals surface area contributed by atoms with E-state index in [2.05, 4.69) is 6.07 Å². The van der Waals surface area contributed by atoms with Gasteiger partial charge in [0.05, 0.1) is 26.2 Å². The SMILES string of the molecule is CCOC(=O)CCN(C)C(C#N)c1ccccc1OC. The molecule has 0 aliphatic rings. The van der Waals surface area contributed by atoms with Crippen LogP contribution in [0.3, 0.4) is 0 Å². The van der Waals surface area contributed by atoms with E-state index in [0.29, 0.717) is 18.9 Å². The zero-order valence-corrected chi connectivity index (χ0v) is 12.1. The summed E-state index contributed by atoms with van der Waals surface area (Å²) in [6, 6.07) is 9.18. The first kappa shape index (κ1) is 16.0. The second-order valence-corrected chi connectivity index (χ2v) is 4.31. The van der Waals surface area contributed by atoms with Crippen LogP contribution in [-0.2, 0) is 9.53 Å². The van der Waals surface area contributed by atoms with Crippen LogP contribution in [0.1, 0.15) is 24.9 Å². The summed E-state index contributed by atoms with van der Waals surface area (Å²) >= 11 is 0. The van der Waals surface area contributed by atoms with Crippen LogP contribution in [0.25, 0.3) is 0 Å². The van der Waals surface area contributed by atoms with E-state index >= 15 is 0 Å². The van der Waals surface area contributed by atoms with Gasteiger partial charge in [0, 0.05) is 12.1 Å². The molecule has 108 valence electrons. The van der Waals surface area contributed by atoms with Gasteiger partial charge in [-0.05, 0) is 20.0 Å². The lowest BCUT2D eigenvalue weighted by Crippen LogP contribution is -2.27. The molecule has 20 heavy (non-hydrogen) atoms. The molecule has 0 radical (unpaired) electrons. The molecule has 5 nitrogen and oxygen atoms in total. The predicted molar refractivity (Wildman–Crippen MR) is 75.2 cm³/mol. The Bertz CT molecular complexity index is 482. The topological polar surface area (TPSA) is 62.6 Å². The Kier molecular flexibility index (Phi) is 6.54. The van der Waals surface area contributed by atoms with Crippen molar-refractivity contribution in [2.45, 2.75) is 19.4 Å². The van der Waals surface area contributed by atoms with E-state index in [0.717, 1.165) is 5.56 Å². The molecule has 0 spiro atoms. The van der Waals surface area contributed by atoms with Gasteiger partial charge in [0.1, 0.15) is 11.8 Å². The lowest BCUT2D eigenvalue weighted by Gasteiger charge is -2.23. The van der Waals surface area contributed by atoms with Gasteiger partial charge in [0.2, 0.25) is 0 Å². The highest BCUT2D eigenvalue weighted by Gasteiger charge is 2.20. The number of carbonyl (C=O) groups excluding carboxylic acids is 1. The maximum atomic E-state index is 11.4. The summed E-state index contributed by atoms with van der Waals surface area (Å²) in [5, 5.41) is 9.38. The highest BCUT2D eigenvalue weighted by atomic mass is 16.5. The molecule has 1 atom stereocenters. The molecule has 0 aromatic heterocycles. The third-order valence-corrected chi connectivity index (χ3v) is 2.97. The minimum Gasteiger partial charge on any atom is -0.496 e. The van der Waals surface area contributed by atoms with Gasteiger partial charge in [-0.15, -0.1) is 0 Å². The summed E-state index contributed by atoms with van der Waals surface area (Å²) < 4.78 is 10.2. The van der Waals surface area contributed by atoms with E-state index in [4.69, 9.17) is 9.47 Å². The Labute approximate surface area is 119 Å². The van der Waals surface area contributed by atoms with Gasteiger partial charge in [0.15, 0.2) is 0 Å². The molecule has 0 N–H and O–H groups in total. The molecule has 1 rings (SSSR count). The molecule has 1 unspecified atom stereocenters. The number of nitriles is 1. The first-order chi connectivity index (χ1) is 9.63. The van der Waals surface area contributed by atoms with Gasteiger partial charge in [-0.25, -0.2) is 0 Å². The van der Waals surface area contributed by atoms with Crippen molar-refractivity contribution in [2.75, 3.05) is 27.3 Å². The molecule has 0 saturated carbocycles. The van der Waals surface area contributed by atoms with Crippen molar-refractivity contribution in [2.24, 2.45) is 0 Å². The highest BCUT2D eigenvalue weighted by Crippen LogP contribution is 2.27. The zero-order valence-electron chi connectivity index (χ0n) is 12.1. The second kappa shape index (κ2) is 8.18. The Morgan fingerprint density at radius 3 is 2.75 bits per heavy atom. The fraction of sp³-hybridized carbons (Fsp3) is 0.467. The maximum absolute atomic E-state index is 11.4. The minimum atomic E-state index is -0.458. The van der Waals surface area contributed by atoms with Crippen molar-refractivity contribution in [3.8, 4) is 11.8 Å². The molecule has 1 aromatic rings. The van der Waals surface area contributed by atoms with Crippen molar-refractivity contribution in [1.29, 1.82) is 5.26 Å². The average molecular weight is 276 g/mol. The number of ether oxygens (including phenoxy) is 2. The van der Waals surface area contributed by atoms with Gasteiger partial charge >= 0.3 is 5.97 Å². The number of rotatable bonds is 7. The van der Waals surface area contributed by atoms with Crippen LogP contribution in [-0.4, -0.2) is 38.2 Å². The van der Waals surface area contributed by atoms with Crippen molar-refractivity contribution < 1.29 is 14.3 Å². The summed E-state index contributed by atoms with van der Waals surface area (Å²) in [6.07, 6.45) is 0.262. The summed E-state index contributed by atoms with van der Waals surface area (Å²) in [5.41, 5.74) is 0.795. The first-order valence-corrected chi connectivity index (χ1v) is 6.52. The molecule has 0 amide bonds. The van der Waals surface area contributed by atoms with E-state index < -0.39 is 6.04 Å². The average Bonchev–Trinajstić information content (AvgIpc) is 2.46. The molecular formula is C15H20N2O3. The number of esters is 1. The fourth-order valence-corrected chi connectivity index (χ4v) is 1.93. The highest BCUT2D eigenvalue weighted by molar-refractivity contribution is 5.69. The van der Waals surface area contributed by atoms with Crippen LogP contribution in [0.2, 0.25) is 0 Å². The van der Waals surface area contributed by atoms with Crippen LogP contribution in [0, 0.1) is 11.3 Å². The van der Waals surface area contributed by atoms with Crippen molar-refractivity contribution in [3.05, 3.63) is 29.8 Å². The standard InChI is InChI=1S/C15H20N2O3/c1-4-20-15(18)9-10-17(2)13(11-16)12-7-5-6-8-14(12)19-3/h5-8,13H,4,9-10H2,1-3H3. The van der Waals surface area contributed by atoms with Crippen molar-refractivity contribution in [1.82, 2.24) is 4.90 Å². The Hall–Kier alpha value is -2.06. The lowest BCUT2D eigenvalue weighted by atomic mass is 10.1. The molecule has 0 saturated heterocycles. The molecule has 0 aliphatic heterocycles. The molecular weight excluding hydrogens is 256 g/mol. The summed E-state index contributed by atoms with van der Waals surface area (Å²) in [4.78, 5) is 13.2. The van der Waals surface area contributed by atoms with E-state index in [1.165, 1.54) is 0 Å². The van der Waals surface area contributed by atoms with Gasteiger partial charge in [-0.1, -0.05) is 18.2 Å². The number of hydrogen-bond acceptors (Lipinski definition) is 5. The Morgan fingerprint density at radius 2 is 2.15 bits per heavy atom. The smallest absolute Gasteiger partial charge is 0.307 e. The van der Waals surface area contributed by atoms with E-state index in [1.807, 2.05) is 29.2 Å². The van der Waals surface area contributed by atoms with Gasteiger partial charge in [0.25, 0.3) is 0 Å². The van der Waals surface area contributed by atoms with Crippen molar-refractivity contribution in [3.63, 3.8) is 0 Å². The molecule has 0 heterocycles. The van der Waals surface area contributed by atoms with E-state index in [1.54, 1.807) is 21.1 Å². The molecule has 1 aromatic carbocycles. The van der Waals surface area contributed by atoms with Crippen molar-refractivity contribution >= 4 is 5.97 Å². The normalized spacial score (nSPS) is 11.8. The Morgan fingerprint density at radius 1 is 1.45 bits per heavy atom. The minimum absolute atomic E-state index is 0.254. The number of carbonyl (C=O) groups is 1. The molecule has 0 bridgehead atoms. The number of methoxy groups -OCH3 is 1. The first-order valence-electron chi connectivity index (χ1n) is 6.52. The van der Waals surface area contributed by atoms with Crippen LogP contribution in [0.4, 0.5) is 0 Å².